The van der Waals surface area contributed by atoms with Gasteiger partial charge in [-0.05, 0) is 38.1 Å². The first-order valence-corrected chi connectivity index (χ1v) is 6.45. The summed E-state index contributed by atoms with van der Waals surface area (Å²) in [5.41, 5.74) is 0.0925. The highest BCUT2D eigenvalue weighted by molar-refractivity contribution is 7.09. The Hall–Kier alpha value is -0.380. The van der Waals surface area contributed by atoms with Crippen molar-refractivity contribution in [2.75, 3.05) is 6.54 Å². The van der Waals surface area contributed by atoms with E-state index in [4.69, 9.17) is 4.74 Å². The van der Waals surface area contributed by atoms with Crippen LogP contribution in [0.25, 0.3) is 0 Å². The molecule has 3 heteroatoms. The standard InChI is InChI=1S/C12H19NOS/c1-12(2)6-5-10(14-12)8-13-9-11-4-3-7-15-11/h3-4,7,10,13H,5-6,8-9H2,1-2H3. The molecule has 2 nitrogen and oxygen atoms in total. The van der Waals surface area contributed by atoms with Gasteiger partial charge in [-0.15, -0.1) is 11.3 Å². The molecule has 1 aliphatic heterocycles. The predicted octanol–water partition coefficient (Wildman–Crippen LogP) is 2.80. The molecule has 1 N–H and O–H groups in total. The molecule has 1 saturated heterocycles. The van der Waals surface area contributed by atoms with Crippen molar-refractivity contribution in [3.63, 3.8) is 0 Å². The highest BCUT2D eigenvalue weighted by Gasteiger charge is 2.30. The second kappa shape index (κ2) is 4.64. The number of hydrogen-bond donors (Lipinski definition) is 1. The number of thiophene rings is 1. The molecule has 0 radical (unpaired) electrons. The summed E-state index contributed by atoms with van der Waals surface area (Å²) in [7, 11) is 0. The van der Waals surface area contributed by atoms with Crippen molar-refractivity contribution in [1.29, 1.82) is 0 Å². The van der Waals surface area contributed by atoms with Gasteiger partial charge >= 0.3 is 0 Å². The zero-order valence-electron chi connectivity index (χ0n) is 9.45. The third-order valence-corrected chi connectivity index (χ3v) is 3.68. The predicted molar refractivity (Wildman–Crippen MR) is 64.2 cm³/mol. The summed E-state index contributed by atoms with van der Waals surface area (Å²) >= 11 is 1.80. The van der Waals surface area contributed by atoms with Gasteiger partial charge in [0.05, 0.1) is 11.7 Å². The van der Waals surface area contributed by atoms with Crippen LogP contribution in [-0.4, -0.2) is 18.2 Å². The van der Waals surface area contributed by atoms with E-state index in [1.807, 2.05) is 0 Å². The van der Waals surface area contributed by atoms with Crippen molar-refractivity contribution in [3.8, 4) is 0 Å². The Balaban J connectivity index is 1.67. The molecule has 2 rings (SSSR count). The SMILES string of the molecule is CC1(C)CCC(CNCc2cccs2)O1. The maximum absolute atomic E-state index is 5.91. The molecule has 2 heterocycles. The van der Waals surface area contributed by atoms with Crippen LogP contribution in [0, 0.1) is 0 Å². The van der Waals surface area contributed by atoms with Crippen molar-refractivity contribution in [1.82, 2.24) is 5.32 Å². The quantitative estimate of drug-likeness (QED) is 0.851. The number of nitrogens with one attached hydrogen (secondary N) is 1. The van der Waals surface area contributed by atoms with Crippen LogP contribution in [0.1, 0.15) is 31.6 Å². The van der Waals surface area contributed by atoms with Gasteiger partial charge in [0.25, 0.3) is 0 Å². The van der Waals surface area contributed by atoms with Gasteiger partial charge in [-0.2, -0.15) is 0 Å². The molecule has 0 bridgehead atoms. The lowest BCUT2D eigenvalue weighted by Gasteiger charge is -2.19. The minimum Gasteiger partial charge on any atom is -0.371 e. The topological polar surface area (TPSA) is 21.3 Å². The Bertz CT molecular complexity index is 295. The fourth-order valence-corrected chi connectivity index (χ4v) is 2.67. The van der Waals surface area contributed by atoms with E-state index >= 15 is 0 Å². The van der Waals surface area contributed by atoms with Crippen LogP contribution in [0.5, 0.6) is 0 Å². The molecule has 1 fully saturated rings. The summed E-state index contributed by atoms with van der Waals surface area (Å²) in [6.07, 6.45) is 2.77. The van der Waals surface area contributed by atoms with E-state index in [2.05, 4.69) is 36.7 Å². The van der Waals surface area contributed by atoms with Gasteiger partial charge in [0.1, 0.15) is 0 Å². The Kier molecular flexibility index (Phi) is 3.44. The van der Waals surface area contributed by atoms with Crippen LogP contribution in [0.15, 0.2) is 17.5 Å². The van der Waals surface area contributed by atoms with Crippen molar-refractivity contribution in [3.05, 3.63) is 22.4 Å². The zero-order valence-corrected chi connectivity index (χ0v) is 10.3. The van der Waals surface area contributed by atoms with Gasteiger partial charge in [0.15, 0.2) is 0 Å². The van der Waals surface area contributed by atoms with Crippen molar-refractivity contribution >= 4 is 11.3 Å². The van der Waals surface area contributed by atoms with Crippen LogP contribution in [0.4, 0.5) is 0 Å². The molecular formula is C12H19NOS. The van der Waals surface area contributed by atoms with E-state index in [9.17, 15) is 0 Å². The summed E-state index contributed by atoms with van der Waals surface area (Å²) in [5.74, 6) is 0. The maximum Gasteiger partial charge on any atom is 0.0707 e. The average Bonchev–Trinajstić information content (AvgIpc) is 2.76. The molecule has 15 heavy (non-hydrogen) atoms. The molecule has 1 aromatic heterocycles. The molecule has 1 aliphatic rings. The van der Waals surface area contributed by atoms with E-state index in [-0.39, 0.29) is 5.60 Å². The minimum atomic E-state index is 0.0925. The van der Waals surface area contributed by atoms with Crippen LogP contribution in [0.2, 0.25) is 0 Å². The summed E-state index contributed by atoms with van der Waals surface area (Å²) in [5, 5.41) is 5.57. The van der Waals surface area contributed by atoms with Crippen LogP contribution in [0.3, 0.4) is 0 Å². The number of hydrogen-bond acceptors (Lipinski definition) is 3. The van der Waals surface area contributed by atoms with E-state index in [1.165, 1.54) is 17.7 Å². The maximum atomic E-state index is 5.91. The molecule has 1 unspecified atom stereocenters. The highest BCUT2D eigenvalue weighted by atomic mass is 32.1. The molecule has 1 aromatic rings. The van der Waals surface area contributed by atoms with Gasteiger partial charge in [-0.1, -0.05) is 6.07 Å². The normalized spacial score (nSPS) is 24.5. The fraction of sp³-hybridized carbons (Fsp3) is 0.667. The van der Waals surface area contributed by atoms with Crippen LogP contribution in [-0.2, 0) is 11.3 Å². The average molecular weight is 225 g/mol. The van der Waals surface area contributed by atoms with Crippen LogP contribution < -0.4 is 5.32 Å². The molecule has 84 valence electrons. The Morgan fingerprint density at radius 3 is 3.07 bits per heavy atom. The Morgan fingerprint density at radius 2 is 2.47 bits per heavy atom. The lowest BCUT2D eigenvalue weighted by atomic mass is 10.1. The zero-order chi connectivity index (χ0) is 10.7. The molecule has 0 amide bonds. The van der Waals surface area contributed by atoms with Crippen molar-refractivity contribution in [2.45, 2.75) is 44.9 Å². The monoisotopic (exact) mass is 225 g/mol. The van der Waals surface area contributed by atoms with E-state index in [1.54, 1.807) is 11.3 Å². The summed E-state index contributed by atoms with van der Waals surface area (Å²) in [6.45, 7) is 6.29. The Labute approximate surface area is 95.6 Å². The van der Waals surface area contributed by atoms with Gasteiger partial charge in [0, 0.05) is 18.0 Å². The highest BCUT2D eigenvalue weighted by Crippen LogP contribution is 2.28. The number of ether oxygens (including phenoxy) is 1. The summed E-state index contributed by atoms with van der Waals surface area (Å²) in [4.78, 5) is 1.40. The number of rotatable bonds is 4. The summed E-state index contributed by atoms with van der Waals surface area (Å²) < 4.78 is 5.91. The molecular weight excluding hydrogens is 206 g/mol. The second-order valence-electron chi connectivity index (χ2n) is 4.75. The van der Waals surface area contributed by atoms with E-state index in [0.717, 1.165) is 13.1 Å². The molecule has 0 aliphatic carbocycles. The van der Waals surface area contributed by atoms with Crippen molar-refractivity contribution < 1.29 is 4.74 Å². The minimum absolute atomic E-state index is 0.0925. The molecule has 0 saturated carbocycles. The molecule has 0 aromatic carbocycles. The van der Waals surface area contributed by atoms with Gasteiger partial charge in [-0.25, -0.2) is 0 Å². The second-order valence-corrected chi connectivity index (χ2v) is 5.78. The lowest BCUT2D eigenvalue weighted by Crippen LogP contribution is -2.28. The van der Waals surface area contributed by atoms with Gasteiger partial charge in [-0.3, -0.25) is 0 Å². The Morgan fingerprint density at radius 1 is 1.60 bits per heavy atom. The van der Waals surface area contributed by atoms with E-state index < -0.39 is 0 Å². The summed E-state index contributed by atoms with van der Waals surface area (Å²) in [6, 6.07) is 4.26. The fourth-order valence-electron chi connectivity index (χ4n) is 1.99. The first kappa shape index (κ1) is 11.1. The third kappa shape index (κ3) is 3.30. The smallest absolute Gasteiger partial charge is 0.0707 e. The van der Waals surface area contributed by atoms with Gasteiger partial charge in [0.2, 0.25) is 0 Å². The van der Waals surface area contributed by atoms with Crippen molar-refractivity contribution in [2.24, 2.45) is 0 Å². The first-order valence-electron chi connectivity index (χ1n) is 5.57. The molecule has 1 atom stereocenters. The van der Waals surface area contributed by atoms with E-state index in [0.29, 0.717) is 6.10 Å². The van der Waals surface area contributed by atoms with Gasteiger partial charge < -0.3 is 10.1 Å². The van der Waals surface area contributed by atoms with Crippen LogP contribution >= 0.6 is 11.3 Å². The first-order chi connectivity index (χ1) is 7.16. The lowest BCUT2D eigenvalue weighted by molar-refractivity contribution is -0.0142. The largest absolute Gasteiger partial charge is 0.371 e. The molecule has 0 spiro atoms. The third-order valence-electron chi connectivity index (χ3n) is 2.81.